The van der Waals surface area contributed by atoms with Gasteiger partial charge in [0, 0.05) is 5.56 Å². The van der Waals surface area contributed by atoms with Gasteiger partial charge in [-0.25, -0.2) is 5.43 Å². The Kier molecular flexibility index (Phi) is 4.44. The van der Waals surface area contributed by atoms with Gasteiger partial charge < -0.3 is 0 Å². The molecule has 4 rings (SSSR count). The third-order valence-electron chi connectivity index (χ3n) is 4.40. The van der Waals surface area contributed by atoms with E-state index in [2.05, 4.69) is 40.9 Å². The van der Waals surface area contributed by atoms with Crippen molar-refractivity contribution in [3.63, 3.8) is 0 Å². The van der Waals surface area contributed by atoms with Crippen LogP contribution in [-0.2, 0) is 11.2 Å². The van der Waals surface area contributed by atoms with Gasteiger partial charge in [0.25, 0.3) is 0 Å². The molecule has 4 aromatic carbocycles. The van der Waals surface area contributed by atoms with E-state index >= 15 is 0 Å². The van der Waals surface area contributed by atoms with Crippen LogP contribution in [0.5, 0.6) is 0 Å². The number of hydrogen-bond acceptors (Lipinski definition) is 2. The zero-order chi connectivity index (χ0) is 17.8. The van der Waals surface area contributed by atoms with Crippen LogP contribution in [0, 0.1) is 0 Å². The first-order valence-electron chi connectivity index (χ1n) is 8.57. The first kappa shape index (κ1) is 16.0. The lowest BCUT2D eigenvalue weighted by Gasteiger charge is -2.08. The van der Waals surface area contributed by atoms with Gasteiger partial charge in [-0.05, 0) is 33.2 Å². The lowest BCUT2D eigenvalue weighted by Crippen LogP contribution is -2.19. The van der Waals surface area contributed by atoms with Gasteiger partial charge in [0.05, 0.1) is 12.6 Å². The topological polar surface area (TPSA) is 41.5 Å². The zero-order valence-electron chi connectivity index (χ0n) is 14.2. The van der Waals surface area contributed by atoms with Gasteiger partial charge in [-0.3, -0.25) is 4.79 Å². The van der Waals surface area contributed by atoms with Crippen molar-refractivity contribution in [3.8, 4) is 0 Å². The summed E-state index contributed by atoms with van der Waals surface area (Å²) >= 11 is 0. The Bertz CT molecular complexity index is 1050. The number of benzene rings is 4. The summed E-state index contributed by atoms with van der Waals surface area (Å²) in [7, 11) is 0. The van der Waals surface area contributed by atoms with Gasteiger partial charge in [0.15, 0.2) is 0 Å². The third kappa shape index (κ3) is 3.33. The minimum absolute atomic E-state index is 0.128. The molecule has 1 amide bonds. The maximum absolute atomic E-state index is 12.1. The molecule has 3 nitrogen and oxygen atoms in total. The van der Waals surface area contributed by atoms with Crippen LogP contribution in [0.25, 0.3) is 21.5 Å². The van der Waals surface area contributed by atoms with E-state index in [1.165, 1.54) is 0 Å². The van der Waals surface area contributed by atoms with Crippen LogP contribution in [0.3, 0.4) is 0 Å². The Hall–Kier alpha value is -3.46. The summed E-state index contributed by atoms with van der Waals surface area (Å²) in [5.74, 6) is -0.128. The highest BCUT2D eigenvalue weighted by atomic mass is 16.2. The average molecular weight is 338 g/mol. The van der Waals surface area contributed by atoms with Gasteiger partial charge in [-0.1, -0.05) is 78.9 Å². The highest BCUT2D eigenvalue weighted by Gasteiger charge is 2.06. The Morgan fingerprint density at radius 2 is 1.38 bits per heavy atom. The first-order chi connectivity index (χ1) is 12.8. The summed E-state index contributed by atoms with van der Waals surface area (Å²) < 4.78 is 0. The van der Waals surface area contributed by atoms with E-state index in [1.807, 2.05) is 54.6 Å². The van der Waals surface area contributed by atoms with Crippen molar-refractivity contribution in [2.24, 2.45) is 5.10 Å². The third-order valence-corrected chi connectivity index (χ3v) is 4.40. The van der Waals surface area contributed by atoms with Crippen LogP contribution < -0.4 is 5.43 Å². The van der Waals surface area contributed by atoms with E-state index in [9.17, 15) is 4.79 Å². The summed E-state index contributed by atoms with van der Waals surface area (Å²) in [6, 6.07) is 28.3. The molecule has 0 atom stereocenters. The summed E-state index contributed by atoms with van der Waals surface area (Å²) in [6.45, 7) is 0. The van der Waals surface area contributed by atoms with Gasteiger partial charge in [-0.15, -0.1) is 0 Å². The number of rotatable bonds is 4. The molecule has 0 heterocycles. The molecule has 126 valence electrons. The Morgan fingerprint density at radius 1 is 0.808 bits per heavy atom. The maximum atomic E-state index is 12.1. The molecule has 0 bridgehead atoms. The van der Waals surface area contributed by atoms with Gasteiger partial charge >= 0.3 is 0 Å². The molecule has 4 aromatic rings. The van der Waals surface area contributed by atoms with E-state index in [1.54, 1.807) is 6.21 Å². The molecule has 0 fully saturated rings. The second kappa shape index (κ2) is 7.19. The van der Waals surface area contributed by atoms with E-state index in [0.29, 0.717) is 6.42 Å². The number of amides is 1. The molecule has 0 saturated heterocycles. The predicted molar refractivity (Wildman–Crippen MR) is 107 cm³/mol. The van der Waals surface area contributed by atoms with Crippen molar-refractivity contribution < 1.29 is 4.79 Å². The number of fused-ring (bicyclic) bond motifs is 2. The number of carbonyl (C=O) groups is 1. The van der Waals surface area contributed by atoms with E-state index < -0.39 is 0 Å². The molecule has 0 aliphatic heterocycles. The number of hydrazone groups is 1. The van der Waals surface area contributed by atoms with Crippen LogP contribution in [0.15, 0.2) is 90.0 Å². The summed E-state index contributed by atoms with van der Waals surface area (Å²) in [6.07, 6.45) is 2.06. The van der Waals surface area contributed by atoms with Crippen LogP contribution in [0.2, 0.25) is 0 Å². The molecule has 0 saturated carbocycles. The molecule has 26 heavy (non-hydrogen) atoms. The summed E-state index contributed by atoms with van der Waals surface area (Å²) in [5, 5.41) is 8.76. The highest BCUT2D eigenvalue weighted by Crippen LogP contribution is 2.27. The van der Waals surface area contributed by atoms with Crippen LogP contribution in [0.4, 0.5) is 0 Å². The largest absolute Gasteiger partial charge is 0.273 e. The molecule has 3 heteroatoms. The van der Waals surface area contributed by atoms with Crippen molar-refractivity contribution in [3.05, 3.63) is 96.1 Å². The molecular weight excluding hydrogens is 320 g/mol. The van der Waals surface area contributed by atoms with Crippen molar-refractivity contribution in [2.45, 2.75) is 6.42 Å². The lowest BCUT2D eigenvalue weighted by molar-refractivity contribution is -0.120. The fourth-order valence-electron chi connectivity index (χ4n) is 3.18. The normalized spacial score (nSPS) is 11.2. The van der Waals surface area contributed by atoms with E-state index in [-0.39, 0.29) is 5.91 Å². The predicted octanol–water partition coefficient (Wildman–Crippen LogP) is 4.69. The van der Waals surface area contributed by atoms with Gasteiger partial charge in [0.2, 0.25) is 5.91 Å². The monoisotopic (exact) mass is 338 g/mol. The summed E-state index contributed by atoms with van der Waals surface area (Å²) in [4.78, 5) is 12.1. The zero-order valence-corrected chi connectivity index (χ0v) is 14.2. The minimum Gasteiger partial charge on any atom is -0.273 e. The smallest absolute Gasteiger partial charge is 0.244 e. The van der Waals surface area contributed by atoms with Gasteiger partial charge in [0.1, 0.15) is 0 Å². The second-order valence-electron chi connectivity index (χ2n) is 6.19. The average Bonchev–Trinajstić information content (AvgIpc) is 2.68. The van der Waals surface area contributed by atoms with Gasteiger partial charge in [-0.2, -0.15) is 5.10 Å². The van der Waals surface area contributed by atoms with E-state index in [0.717, 1.165) is 32.7 Å². The van der Waals surface area contributed by atoms with Crippen LogP contribution in [0.1, 0.15) is 11.1 Å². The Balaban J connectivity index is 1.63. The second-order valence-corrected chi connectivity index (χ2v) is 6.19. The lowest BCUT2D eigenvalue weighted by atomic mass is 9.97. The molecule has 0 radical (unpaired) electrons. The van der Waals surface area contributed by atoms with Crippen molar-refractivity contribution in [2.75, 3.05) is 0 Å². The van der Waals surface area contributed by atoms with Crippen LogP contribution in [-0.4, -0.2) is 12.1 Å². The summed E-state index contributed by atoms with van der Waals surface area (Å²) in [5.41, 5.74) is 4.62. The van der Waals surface area contributed by atoms with Crippen molar-refractivity contribution >= 4 is 33.7 Å². The molecule has 0 spiro atoms. The minimum atomic E-state index is -0.128. The number of hydrogen-bond donors (Lipinski definition) is 1. The fourth-order valence-corrected chi connectivity index (χ4v) is 3.18. The molecule has 0 aliphatic carbocycles. The quantitative estimate of drug-likeness (QED) is 0.327. The molecule has 1 N–H and O–H groups in total. The van der Waals surface area contributed by atoms with E-state index in [4.69, 9.17) is 0 Å². The number of carbonyl (C=O) groups excluding carboxylic acids is 1. The first-order valence-corrected chi connectivity index (χ1v) is 8.57. The van der Waals surface area contributed by atoms with Crippen LogP contribution >= 0.6 is 0 Å². The Morgan fingerprint density at radius 3 is 2.04 bits per heavy atom. The molecule has 0 unspecified atom stereocenters. The highest BCUT2D eigenvalue weighted by molar-refractivity contribution is 6.13. The number of nitrogens with zero attached hydrogens (tertiary/aromatic N) is 1. The van der Waals surface area contributed by atoms with Crippen molar-refractivity contribution in [1.82, 2.24) is 5.43 Å². The fraction of sp³-hybridized carbons (Fsp3) is 0.0435. The molecular formula is C23H18N2O. The Labute approximate surface area is 152 Å². The number of nitrogens with one attached hydrogen (secondary N) is 1. The molecule has 0 aliphatic rings. The SMILES string of the molecule is O=C(Cc1ccccc1)N/N=C/c1c2ccccc2cc2ccccc12. The van der Waals surface area contributed by atoms with Crippen molar-refractivity contribution in [1.29, 1.82) is 0 Å². The standard InChI is InChI=1S/C23H18N2O/c26-23(14-17-8-2-1-3-9-17)25-24-16-22-20-12-6-4-10-18(20)15-19-11-5-7-13-21(19)22/h1-13,15-16H,14H2,(H,25,26)/b24-16+. The molecule has 0 aromatic heterocycles. The maximum Gasteiger partial charge on any atom is 0.244 e.